The summed E-state index contributed by atoms with van der Waals surface area (Å²) >= 11 is 0. The second kappa shape index (κ2) is 8.25. The van der Waals surface area contributed by atoms with Gasteiger partial charge >= 0.3 is 5.97 Å². The summed E-state index contributed by atoms with van der Waals surface area (Å²) in [7, 11) is -2.51. The van der Waals surface area contributed by atoms with Gasteiger partial charge in [0, 0.05) is 17.3 Å². The van der Waals surface area contributed by atoms with E-state index in [0.29, 0.717) is 22.4 Å². The van der Waals surface area contributed by atoms with E-state index in [9.17, 15) is 22.7 Å². The number of halogens is 1. The maximum Gasteiger partial charge on any atom is 0.328 e. The molecule has 0 amide bonds. The molecule has 3 N–H and O–H groups in total. The fourth-order valence-corrected chi connectivity index (χ4v) is 3.60. The van der Waals surface area contributed by atoms with Gasteiger partial charge in [-0.05, 0) is 36.2 Å². The standard InChI is InChI=1S/C20H20FN3O5S/c1-3-17(20(25)26)24-11-15(13-6-9-18(29-2)16(21)10-13)19(23-24)12-4-7-14(8-5-12)30(22,27)28/h4-11,17H,3H2,1-2H3,(H,25,26)(H2,22,27,28). The van der Waals surface area contributed by atoms with Crippen LogP contribution in [-0.2, 0) is 14.8 Å². The summed E-state index contributed by atoms with van der Waals surface area (Å²) in [4.78, 5) is 11.5. The van der Waals surface area contributed by atoms with Crippen molar-refractivity contribution >= 4 is 16.0 Å². The first-order valence-electron chi connectivity index (χ1n) is 8.94. The van der Waals surface area contributed by atoms with Crippen LogP contribution in [0, 0.1) is 5.82 Å². The Hall–Kier alpha value is -3.24. The van der Waals surface area contributed by atoms with E-state index in [1.165, 1.54) is 54.4 Å². The fraction of sp³-hybridized carbons (Fsp3) is 0.200. The van der Waals surface area contributed by atoms with Crippen LogP contribution in [-0.4, -0.2) is 36.4 Å². The molecule has 2 aromatic carbocycles. The lowest BCUT2D eigenvalue weighted by atomic mass is 10.0. The van der Waals surface area contributed by atoms with Gasteiger partial charge in [0.25, 0.3) is 0 Å². The number of benzene rings is 2. The molecular weight excluding hydrogens is 413 g/mol. The first kappa shape index (κ1) is 21.5. The molecule has 0 radical (unpaired) electrons. The molecule has 0 saturated carbocycles. The van der Waals surface area contributed by atoms with Crippen molar-refractivity contribution in [2.45, 2.75) is 24.3 Å². The number of carboxylic acid groups (broad SMARTS) is 1. The number of hydrogen-bond donors (Lipinski definition) is 2. The highest BCUT2D eigenvalue weighted by Gasteiger charge is 2.23. The number of ether oxygens (including phenoxy) is 1. The minimum atomic E-state index is -3.87. The zero-order chi connectivity index (χ0) is 22.1. The molecule has 1 aromatic heterocycles. The summed E-state index contributed by atoms with van der Waals surface area (Å²) in [5.41, 5.74) is 1.85. The van der Waals surface area contributed by atoms with Crippen molar-refractivity contribution < 1.29 is 27.4 Å². The number of nitrogens with zero attached hydrogens (tertiary/aromatic N) is 2. The Morgan fingerprint density at radius 1 is 1.23 bits per heavy atom. The highest BCUT2D eigenvalue weighted by atomic mass is 32.2. The van der Waals surface area contributed by atoms with Crippen LogP contribution >= 0.6 is 0 Å². The zero-order valence-electron chi connectivity index (χ0n) is 16.2. The molecule has 0 aliphatic carbocycles. The summed E-state index contributed by atoms with van der Waals surface area (Å²) in [6.45, 7) is 1.72. The van der Waals surface area contributed by atoms with E-state index >= 15 is 0 Å². The lowest BCUT2D eigenvalue weighted by molar-refractivity contribution is -0.141. The highest BCUT2D eigenvalue weighted by Crippen LogP contribution is 2.34. The number of aromatic nitrogens is 2. The molecule has 3 aromatic rings. The summed E-state index contributed by atoms with van der Waals surface area (Å²) in [6, 6.07) is 9.13. The largest absolute Gasteiger partial charge is 0.494 e. The van der Waals surface area contributed by atoms with Gasteiger partial charge in [-0.2, -0.15) is 5.10 Å². The smallest absolute Gasteiger partial charge is 0.328 e. The van der Waals surface area contributed by atoms with Gasteiger partial charge in [-0.3, -0.25) is 4.68 Å². The Labute approximate surface area is 172 Å². The molecule has 1 heterocycles. The molecular formula is C20H20FN3O5S. The Bertz CT molecular complexity index is 1190. The van der Waals surface area contributed by atoms with Crippen molar-refractivity contribution in [1.82, 2.24) is 9.78 Å². The van der Waals surface area contributed by atoms with E-state index in [1.54, 1.807) is 13.0 Å². The highest BCUT2D eigenvalue weighted by molar-refractivity contribution is 7.89. The van der Waals surface area contributed by atoms with Crippen LogP contribution in [0.25, 0.3) is 22.4 Å². The monoisotopic (exact) mass is 433 g/mol. The number of aliphatic carboxylic acids is 1. The van der Waals surface area contributed by atoms with Gasteiger partial charge < -0.3 is 9.84 Å². The Morgan fingerprint density at radius 3 is 2.37 bits per heavy atom. The first-order chi connectivity index (χ1) is 14.2. The maximum atomic E-state index is 14.3. The average Bonchev–Trinajstić information content (AvgIpc) is 3.12. The third-order valence-electron chi connectivity index (χ3n) is 4.64. The summed E-state index contributed by atoms with van der Waals surface area (Å²) in [6.07, 6.45) is 1.82. The third-order valence-corrected chi connectivity index (χ3v) is 5.57. The minimum Gasteiger partial charge on any atom is -0.494 e. The van der Waals surface area contributed by atoms with Crippen LogP contribution in [0.5, 0.6) is 5.75 Å². The molecule has 0 aliphatic rings. The number of sulfonamides is 1. The lowest BCUT2D eigenvalue weighted by Crippen LogP contribution is -2.18. The van der Waals surface area contributed by atoms with Gasteiger partial charge in [0.2, 0.25) is 10.0 Å². The van der Waals surface area contributed by atoms with E-state index in [4.69, 9.17) is 9.88 Å². The molecule has 3 rings (SSSR count). The average molecular weight is 433 g/mol. The van der Waals surface area contributed by atoms with Crippen molar-refractivity contribution in [2.24, 2.45) is 5.14 Å². The normalized spacial score (nSPS) is 12.5. The SMILES string of the molecule is CCC(C(=O)O)n1cc(-c2ccc(OC)c(F)c2)c(-c2ccc(S(N)(=O)=O)cc2)n1. The molecule has 1 unspecified atom stereocenters. The van der Waals surface area contributed by atoms with Crippen LogP contribution in [0.15, 0.2) is 53.6 Å². The summed E-state index contributed by atoms with van der Waals surface area (Å²) in [5.74, 6) is -1.56. The number of primary sulfonamides is 1. The molecule has 0 fully saturated rings. The zero-order valence-corrected chi connectivity index (χ0v) is 17.1. The van der Waals surface area contributed by atoms with Crippen molar-refractivity contribution in [2.75, 3.05) is 7.11 Å². The molecule has 0 bridgehead atoms. The van der Waals surface area contributed by atoms with Crippen LogP contribution in [0.1, 0.15) is 19.4 Å². The van der Waals surface area contributed by atoms with Crippen LogP contribution in [0.4, 0.5) is 4.39 Å². The van der Waals surface area contributed by atoms with E-state index in [-0.39, 0.29) is 17.1 Å². The van der Waals surface area contributed by atoms with Crippen LogP contribution in [0.2, 0.25) is 0 Å². The van der Waals surface area contributed by atoms with Crippen LogP contribution in [0.3, 0.4) is 0 Å². The summed E-state index contributed by atoms with van der Waals surface area (Å²) in [5, 5.41) is 19.0. The first-order valence-corrected chi connectivity index (χ1v) is 10.5. The third kappa shape index (κ3) is 4.19. The maximum absolute atomic E-state index is 14.3. The van der Waals surface area contributed by atoms with Gasteiger partial charge in [0.1, 0.15) is 11.7 Å². The van der Waals surface area contributed by atoms with E-state index in [2.05, 4.69) is 5.10 Å². The minimum absolute atomic E-state index is 0.0697. The lowest BCUT2D eigenvalue weighted by Gasteiger charge is -2.09. The predicted octanol–water partition coefficient (Wildman–Crippen LogP) is 3.05. The molecule has 10 heteroatoms. The Balaban J connectivity index is 2.19. The molecule has 158 valence electrons. The molecule has 1 atom stereocenters. The van der Waals surface area contributed by atoms with Gasteiger partial charge in [-0.15, -0.1) is 0 Å². The van der Waals surface area contributed by atoms with Crippen molar-refractivity contribution in [3.8, 4) is 28.1 Å². The molecule has 0 saturated heterocycles. The second-order valence-corrected chi connectivity index (χ2v) is 8.11. The van der Waals surface area contributed by atoms with Gasteiger partial charge in [0.05, 0.1) is 12.0 Å². The van der Waals surface area contributed by atoms with E-state index in [1.807, 2.05) is 0 Å². The predicted molar refractivity (Wildman–Crippen MR) is 108 cm³/mol. The fourth-order valence-electron chi connectivity index (χ4n) is 3.09. The topological polar surface area (TPSA) is 125 Å². The van der Waals surface area contributed by atoms with Crippen molar-refractivity contribution in [3.05, 3.63) is 54.5 Å². The van der Waals surface area contributed by atoms with Crippen LogP contribution < -0.4 is 9.88 Å². The number of rotatable bonds is 7. The van der Waals surface area contributed by atoms with Crippen molar-refractivity contribution in [3.63, 3.8) is 0 Å². The Morgan fingerprint density at radius 2 is 1.87 bits per heavy atom. The van der Waals surface area contributed by atoms with Gasteiger partial charge in [-0.25, -0.2) is 22.7 Å². The number of nitrogens with two attached hydrogens (primary N) is 1. The Kier molecular flexibility index (Phi) is 5.90. The number of carbonyl (C=O) groups is 1. The number of carboxylic acids is 1. The quantitative estimate of drug-likeness (QED) is 0.590. The van der Waals surface area contributed by atoms with Crippen molar-refractivity contribution in [1.29, 1.82) is 0 Å². The number of hydrogen-bond acceptors (Lipinski definition) is 5. The molecule has 8 nitrogen and oxygen atoms in total. The van der Waals surface area contributed by atoms with Gasteiger partial charge in [-0.1, -0.05) is 25.1 Å². The van der Waals surface area contributed by atoms with Gasteiger partial charge in [0.15, 0.2) is 11.6 Å². The molecule has 0 spiro atoms. The molecule has 0 aliphatic heterocycles. The number of methoxy groups -OCH3 is 1. The summed E-state index contributed by atoms with van der Waals surface area (Å²) < 4.78 is 43.6. The second-order valence-electron chi connectivity index (χ2n) is 6.55. The van der Waals surface area contributed by atoms with E-state index < -0.39 is 27.9 Å². The van der Waals surface area contributed by atoms with E-state index in [0.717, 1.165) is 0 Å². The molecule has 30 heavy (non-hydrogen) atoms.